The smallest absolute Gasteiger partial charge is 0.321 e. The molecule has 0 spiro atoms. The van der Waals surface area contributed by atoms with E-state index in [1.807, 2.05) is 18.2 Å². The topological polar surface area (TPSA) is 45.2 Å². The Morgan fingerprint density at radius 3 is 3.05 bits per heavy atom. The van der Waals surface area contributed by atoms with Crippen molar-refractivity contribution in [3.05, 3.63) is 59.7 Å². The van der Waals surface area contributed by atoms with Crippen LogP contribution >= 0.6 is 0 Å². The largest absolute Gasteiger partial charge is 0.337 e. The van der Waals surface area contributed by atoms with Crippen molar-refractivity contribution >= 4 is 11.7 Å². The minimum atomic E-state index is -0.313. The zero-order valence-electron chi connectivity index (χ0n) is 12.3. The lowest BCUT2D eigenvalue weighted by atomic mass is 10.0. The van der Waals surface area contributed by atoms with E-state index in [1.165, 1.54) is 12.1 Å². The lowest BCUT2D eigenvalue weighted by Gasteiger charge is -2.29. The van der Waals surface area contributed by atoms with Crippen LogP contribution in [0.4, 0.5) is 14.9 Å². The maximum absolute atomic E-state index is 13.4. The fraction of sp³-hybridized carbons (Fsp3) is 0.294. The van der Waals surface area contributed by atoms with E-state index in [0.717, 1.165) is 24.1 Å². The molecule has 5 heteroatoms. The number of benzene rings is 1. The zero-order valence-corrected chi connectivity index (χ0v) is 12.3. The van der Waals surface area contributed by atoms with E-state index >= 15 is 0 Å². The lowest BCUT2D eigenvalue weighted by Crippen LogP contribution is -2.43. The van der Waals surface area contributed by atoms with E-state index in [1.54, 1.807) is 17.2 Å². The summed E-state index contributed by atoms with van der Waals surface area (Å²) in [6.45, 7) is 1.13. The number of nitrogens with zero attached hydrogens (tertiary/aromatic N) is 2. The number of carbonyl (C=O) groups is 1. The first-order chi connectivity index (χ1) is 10.7. The van der Waals surface area contributed by atoms with Crippen molar-refractivity contribution in [1.29, 1.82) is 0 Å². The van der Waals surface area contributed by atoms with E-state index < -0.39 is 0 Å². The van der Waals surface area contributed by atoms with Gasteiger partial charge >= 0.3 is 6.03 Å². The number of hydrogen-bond donors (Lipinski definition) is 1. The number of urea groups is 1. The SMILES string of the molecule is O=C(NCCc1ccccn1)N1CCCc2ccc(F)cc21. The van der Waals surface area contributed by atoms with Crippen LogP contribution < -0.4 is 10.2 Å². The van der Waals surface area contributed by atoms with Crippen molar-refractivity contribution in [3.8, 4) is 0 Å². The maximum atomic E-state index is 13.4. The number of fused-ring (bicyclic) bond motifs is 1. The van der Waals surface area contributed by atoms with E-state index in [0.29, 0.717) is 25.2 Å². The predicted molar refractivity (Wildman–Crippen MR) is 83.4 cm³/mol. The van der Waals surface area contributed by atoms with Gasteiger partial charge in [0.1, 0.15) is 5.82 Å². The molecule has 0 saturated heterocycles. The summed E-state index contributed by atoms with van der Waals surface area (Å²) >= 11 is 0. The summed E-state index contributed by atoms with van der Waals surface area (Å²) < 4.78 is 13.4. The molecule has 1 aromatic carbocycles. The number of rotatable bonds is 3. The molecule has 0 aliphatic carbocycles. The summed E-state index contributed by atoms with van der Waals surface area (Å²) in [5.74, 6) is -0.313. The van der Waals surface area contributed by atoms with Crippen LogP contribution in [0, 0.1) is 5.82 Å². The highest BCUT2D eigenvalue weighted by Gasteiger charge is 2.22. The fourth-order valence-corrected chi connectivity index (χ4v) is 2.70. The molecule has 4 nitrogen and oxygen atoms in total. The second kappa shape index (κ2) is 6.56. The van der Waals surface area contributed by atoms with Crippen LogP contribution in [0.1, 0.15) is 17.7 Å². The number of amides is 2. The average Bonchev–Trinajstić information content (AvgIpc) is 2.55. The minimum Gasteiger partial charge on any atom is -0.337 e. The van der Waals surface area contributed by atoms with Gasteiger partial charge in [-0.15, -0.1) is 0 Å². The van der Waals surface area contributed by atoms with Gasteiger partial charge in [-0.1, -0.05) is 12.1 Å². The third-order valence-electron chi connectivity index (χ3n) is 3.79. The third-order valence-corrected chi connectivity index (χ3v) is 3.79. The standard InChI is InChI=1S/C17H18FN3O/c18-14-7-6-13-4-3-11-21(16(13)12-14)17(22)20-10-8-15-5-1-2-9-19-15/h1-2,5-7,9,12H,3-4,8,10-11H2,(H,20,22). The molecule has 2 aromatic rings. The molecule has 0 fully saturated rings. The molecule has 1 N–H and O–H groups in total. The van der Waals surface area contributed by atoms with Gasteiger partial charge in [-0.25, -0.2) is 9.18 Å². The molecule has 2 amide bonds. The van der Waals surface area contributed by atoms with Crippen LogP contribution in [0.5, 0.6) is 0 Å². The zero-order chi connectivity index (χ0) is 15.4. The quantitative estimate of drug-likeness (QED) is 0.947. The summed E-state index contributed by atoms with van der Waals surface area (Å²) in [6.07, 6.45) is 4.19. The first-order valence-electron chi connectivity index (χ1n) is 7.48. The molecule has 114 valence electrons. The Morgan fingerprint density at radius 2 is 2.23 bits per heavy atom. The van der Waals surface area contributed by atoms with E-state index in [2.05, 4.69) is 10.3 Å². The Labute approximate surface area is 129 Å². The van der Waals surface area contributed by atoms with E-state index in [9.17, 15) is 9.18 Å². The molecule has 0 unspecified atom stereocenters. The predicted octanol–water partition coefficient (Wildman–Crippen LogP) is 2.93. The Morgan fingerprint density at radius 1 is 1.32 bits per heavy atom. The van der Waals surface area contributed by atoms with Crippen LogP contribution in [-0.2, 0) is 12.8 Å². The van der Waals surface area contributed by atoms with Crippen molar-refractivity contribution in [2.24, 2.45) is 0 Å². The number of hydrogen-bond acceptors (Lipinski definition) is 2. The van der Waals surface area contributed by atoms with Crippen molar-refractivity contribution < 1.29 is 9.18 Å². The Balaban J connectivity index is 1.63. The highest BCUT2D eigenvalue weighted by Crippen LogP contribution is 2.27. The van der Waals surface area contributed by atoms with Gasteiger partial charge in [-0.3, -0.25) is 9.88 Å². The maximum Gasteiger partial charge on any atom is 0.321 e. The normalized spacial score (nSPS) is 13.6. The summed E-state index contributed by atoms with van der Waals surface area (Å²) in [7, 11) is 0. The highest BCUT2D eigenvalue weighted by molar-refractivity contribution is 5.93. The molecule has 1 aromatic heterocycles. The van der Waals surface area contributed by atoms with E-state index in [-0.39, 0.29) is 11.8 Å². The van der Waals surface area contributed by atoms with Crippen LogP contribution in [0.25, 0.3) is 0 Å². The van der Waals surface area contributed by atoms with Gasteiger partial charge in [0.2, 0.25) is 0 Å². The molecule has 2 heterocycles. The number of aryl methyl sites for hydroxylation is 1. The molecular weight excluding hydrogens is 281 g/mol. The number of anilines is 1. The number of carbonyl (C=O) groups excluding carboxylic acids is 1. The molecular formula is C17H18FN3O. The molecule has 0 bridgehead atoms. The van der Waals surface area contributed by atoms with Crippen molar-refractivity contribution in [2.45, 2.75) is 19.3 Å². The lowest BCUT2D eigenvalue weighted by molar-refractivity contribution is 0.246. The van der Waals surface area contributed by atoms with Gasteiger partial charge < -0.3 is 5.32 Å². The monoisotopic (exact) mass is 299 g/mol. The second-order valence-electron chi connectivity index (χ2n) is 5.33. The minimum absolute atomic E-state index is 0.178. The first-order valence-corrected chi connectivity index (χ1v) is 7.48. The number of pyridine rings is 1. The summed E-state index contributed by atoms with van der Waals surface area (Å²) in [5, 5.41) is 2.89. The van der Waals surface area contributed by atoms with Gasteiger partial charge in [0.15, 0.2) is 0 Å². The molecule has 1 aliphatic heterocycles. The van der Waals surface area contributed by atoms with Gasteiger partial charge in [0, 0.05) is 31.4 Å². The second-order valence-corrected chi connectivity index (χ2v) is 5.33. The van der Waals surface area contributed by atoms with Gasteiger partial charge in [-0.05, 0) is 42.7 Å². The van der Waals surface area contributed by atoms with Crippen LogP contribution in [0.15, 0.2) is 42.6 Å². The van der Waals surface area contributed by atoms with Crippen molar-refractivity contribution in [3.63, 3.8) is 0 Å². The average molecular weight is 299 g/mol. The molecule has 0 radical (unpaired) electrons. The van der Waals surface area contributed by atoms with Crippen LogP contribution in [-0.4, -0.2) is 24.1 Å². The van der Waals surface area contributed by atoms with Gasteiger partial charge in [0.25, 0.3) is 0 Å². The Bertz CT molecular complexity index is 660. The molecule has 3 rings (SSSR count). The molecule has 1 aliphatic rings. The Hall–Kier alpha value is -2.43. The number of nitrogens with one attached hydrogen (secondary N) is 1. The van der Waals surface area contributed by atoms with Crippen LogP contribution in [0.3, 0.4) is 0 Å². The molecule has 0 saturated carbocycles. The van der Waals surface area contributed by atoms with Gasteiger partial charge in [0.05, 0.1) is 5.69 Å². The molecule has 22 heavy (non-hydrogen) atoms. The fourth-order valence-electron chi connectivity index (χ4n) is 2.70. The Kier molecular flexibility index (Phi) is 4.32. The highest BCUT2D eigenvalue weighted by atomic mass is 19.1. The summed E-state index contributed by atoms with van der Waals surface area (Å²) in [6, 6.07) is 10.2. The third kappa shape index (κ3) is 3.24. The first kappa shape index (κ1) is 14.5. The molecule has 0 atom stereocenters. The van der Waals surface area contributed by atoms with Crippen molar-refractivity contribution in [2.75, 3.05) is 18.0 Å². The summed E-state index contributed by atoms with van der Waals surface area (Å²) in [4.78, 5) is 18.2. The van der Waals surface area contributed by atoms with E-state index in [4.69, 9.17) is 0 Å². The van der Waals surface area contributed by atoms with Gasteiger partial charge in [-0.2, -0.15) is 0 Å². The summed E-state index contributed by atoms with van der Waals surface area (Å²) in [5.41, 5.74) is 2.64. The van der Waals surface area contributed by atoms with Crippen molar-refractivity contribution in [1.82, 2.24) is 10.3 Å². The number of aromatic nitrogens is 1. The number of halogens is 1. The van der Waals surface area contributed by atoms with Crippen LogP contribution in [0.2, 0.25) is 0 Å².